The van der Waals surface area contributed by atoms with Crippen molar-refractivity contribution in [3.63, 3.8) is 0 Å². The molecule has 0 radical (unpaired) electrons. The molecule has 2 rings (SSSR count). The standard InChI is InChI=1S/C12H8ClN3OS/c13-9-4-2-1-3-8(9)10-7-18-12(15-10)16-11(17)5-6-14/h1-4,7H,5H2,(H,15,16,17). The Balaban J connectivity index is 2.19. The van der Waals surface area contributed by atoms with Crippen molar-refractivity contribution in [1.82, 2.24) is 4.98 Å². The minimum atomic E-state index is -0.363. The molecule has 0 aliphatic carbocycles. The van der Waals surface area contributed by atoms with Gasteiger partial charge in [0.25, 0.3) is 0 Å². The van der Waals surface area contributed by atoms with Crippen LogP contribution in [0.2, 0.25) is 5.02 Å². The molecule has 18 heavy (non-hydrogen) atoms. The summed E-state index contributed by atoms with van der Waals surface area (Å²) in [7, 11) is 0. The van der Waals surface area contributed by atoms with Gasteiger partial charge in [0.05, 0.1) is 11.8 Å². The van der Waals surface area contributed by atoms with Crippen molar-refractivity contribution in [2.45, 2.75) is 6.42 Å². The van der Waals surface area contributed by atoms with Crippen LogP contribution in [0.3, 0.4) is 0 Å². The first-order valence-electron chi connectivity index (χ1n) is 5.08. The van der Waals surface area contributed by atoms with Gasteiger partial charge in [0.1, 0.15) is 6.42 Å². The van der Waals surface area contributed by atoms with Gasteiger partial charge in [-0.2, -0.15) is 5.26 Å². The highest BCUT2D eigenvalue weighted by Crippen LogP contribution is 2.30. The zero-order valence-corrected chi connectivity index (χ0v) is 10.8. The van der Waals surface area contributed by atoms with Gasteiger partial charge in [-0.1, -0.05) is 29.8 Å². The number of anilines is 1. The van der Waals surface area contributed by atoms with Crippen LogP contribution in [0.4, 0.5) is 5.13 Å². The number of halogens is 1. The van der Waals surface area contributed by atoms with Gasteiger partial charge in [0, 0.05) is 16.0 Å². The number of nitriles is 1. The zero-order chi connectivity index (χ0) is 13.0. The van der Waals surface area contributed by atoms with Gasteiger partial charge in [-0.05, 0) is 6.07 Å². The molecule has 0 saturated heterocycles. The van der Waals surface area contributed by atoms with Gasteiger partial charge < -0.3 is 5.32 Å². The number of amides is 1. The van der Waals surface area contributed by atoms with Crippen molar-refractivity contribution in [2.24, 2.45) is 0 Å². The Morgan fingerprint density at radius 2 is 2.28 bits per heavy atom. The summed E-state index contributed by atoms with van der Waals surface area (Å²) in [6, 6.07) is 9.13. The van der Waals surface area contributed by atoms with Crippen molar-refractivity contribution >= 4 is 34.0 Å². The van der Waals surface area contributed by atoms with E-state index in [0.29, 0.717) is 15.8 Å². The van der Waals surface area contributed by atoms with E-state index in [0.717, 1.165) is 5.56 Å². The summed E-state index contributed by atoms with van der Waals surface area (Å²) in [6.07, 6.45) is -0.180. The lowest BCUT2D eigenvalue weighted by Crippen LogP contribution is -2.09. The third-order valence-electron chi connectivity index (χ3n) is 2.14. The molecular weight excluding hydrogens is 270 g/mol. The van der Waals surface area contributed by atoms with Crippen LogP contribution in [0.5, 0.6) is 0 Å². The molecule has 1 aromatic carbocycles. The third-order valence-corrected chi connectivity index (χ3v) is 3.23. The predicted molar refractivity (Wildman–Crippen MR) is 71.4 cm³/mol. The Hall–Kier alpha value is -1.90. The summed E-state index contributed by atoms with van der Waals surface area (Å²) in [5.41, 5.74) is 1.52. The fourth-order valence-corrected chi connectivity index (χ4v) is 2.32. The number of hydrogen-bond acceptors (Lipinski definition) is 4. The van der Waals surface area contributed by atoms with Crippen LogP contribution in [0.1, 0.15) is 6.42 Å². The van der Waals surface area contributed by atoms with Crippen molar-refractivity contribution in [1.29, 1.82) is 5.26 Å². The summed E-state index contributed by atoms with van der Waals surface area (Å²) in [6.45, 7) is 0. The largest absolute Gasteiger partial charge is 0.301 e. The average Bonchev–Trinajstić information content (AvgIpc) is 2.78. The van der Waals surface area contributed by atoms with Crippen molar-refractivity contribution in [3.05, 3.63) is 34.7 Å². The van der Waals surface area contributed by atoms with Gasteiger partial charge in [0.2, 0.25) is 5.91 Å². The van der Waals surface area contributed by atoms with Gasteiger partial charge in [-0.25, -0.2) is 4.98 Å². The summed E-state index contributed by atoms with van der Waals surface area (Å²) in [5.74, 6) is -0.363. The van der Waals surface area contributed by atoms with E-state index >= 15 is 0 Å². The van der Waals surface area contributed by atoms with Crippen LogP contribution in [0.25, 0.3) is 11.3 Å². The summed E-state index contributed by atoms with van der Waals surface area (Å²) >= 11 is 7.35. The average molecular weight is 278 g/mol. The highest BCUT2D eigenvalue weighted by molar-refractivity contribution is 7.14. The number of carbonyl (C=O) groups is 1. The van der Waals surface area contributed by atoms with E-state index < -0.39 is 0 Å². The van der Waals surface area contributed by atoms with Crippen molar-refractivity contribution in [2.75, 3.05) is 5.32 Å². The Morgan fingerprint density at radius 1 is 1.50 bits per heavy atom. The van der Waals surface area contributed by atoms with E-state index in [1.54, 1.807) is 12.1 Å². The molecule has 0 aliphatic rings. The molecule has 1 aromatic heterocycles. The molecule has 1 heterocycles. The Bertz CT molecular complexity index is 618. The van der Waals surface area contributed by atoms with Crippen LogP contribution in [0.15, 0.2) is 29.6 Å². The molecule has 0 aliphatic heterocycles. The summed E-state index contributed by atoms with van der Waals surface area (Å²) in [4.78, 5) is 15.5. The van der Waals surface area contributed by atoms with Gasteiger partial charge >= 0.3 is 0 Å². The number of benzene rings is 1. The maximum absolute atomic E-state index is 11.2. The molecule has 0 unspecified atom stereocenters. The second-order valence-electron chi connectivity index (χ2n) is 3.40. The Morgan fingerprint density at radius 3 is 3.00 bits per heavy atom. The van der Waals surface area contributed by atoms with E-state index in [-0.39, 0.29) is 12.3 Å². The highest BCUT2D eigenvalue weighted by Gasteiger charge is 2.09. The number of carbonyl (C=O) groups excluding carboxylic acids is 1. The minimum Gasteiger partial charge on any atom is -0.301 e. The van der Waals surface area contributed by atoms with Crippen LogP contribution in [-0.4, -0.2) is 10.9 Å². The Kier molecular flexibility index (Phi) is 3.92. The molecule has 4 nitrogen and oxygen atoms in total. The lowest BCUT2D eigenvalue weighted by Gasteiger charge is -1.99. The van der Waals surface area contributed by atoms with Gasteiger partial charge in [-0.15, -0.1) is 11.3 Å². The minimum absolute atomic E-state index is 0.180. The molecule has 0 saturated carbocycles. The maximum Gasteiger partial charge on any atom is 0.240 e. The Labute approximate surface area is 113 Å². The van der Waals surface area contributed by atoms with Crippen LogP contribution < -0.4 is 5.32 Å². The van der Waals surface area contributed by atoms with E-state index in [9.17, 15) is 4.79 Å². The molecule has 0 atom stereocenters. The number of aromatic nitrogens is 1. The second kappa shape index (κ2) is 5.63. The van der Waals surface area contributed by atoms with Crippen LogP contribution in [0, 0.1) is 11.3 Å². The fourth-order valence-electron chi connectivity index (χ4n) is 1.36. The number of hydrogen-bond donors (Lipinski definition) is 1. The number of nitrogens with one attached hydrogen (secondary N) is 1. The van der Waals surface area contributed by atoms with Gasteiger partial charge in [-0.3, -0.25) is 4.79 Å². The molecule has 0 fully saturated rings. The molecule has 0 bridgehead atoms. The highest BCUT2D eigenvalue weighted by atomic mass is 35.5. The quantitative estimate of drug-likeness (QED) is 0.936. The summed E-state index contributed by atoms with van der Waals surface area (Å²) < 4.78 is 0. The molecule has 1 amide bonds. The van der Waals surface area contributed by atoms with E-state index in [1.165, 1.54) is 11.3 Å². The fraction of sp³-hybridized carbons (Fsp3) is 0.0833. The van der Waals surface area contributed by atoms with Crippen LogP contribution >= 0.6 is 22.9 Å². The first-order valence-corrected chi connectivity index (χ1v) is 6.33. The molecule has 2 aromatic rings. The topological polar surface area (TPSA) is 65.8 Å². The molecule has 0 spiro atoms. The van der Waals surface area contributed by atoms with Crippen molar-refractivity contribution < 1.29 is 4.79 Å². The number of rotatable bonds is 3. The van der Waals surface area contributed by atoms with Crippen molar-refractivity contribution in [3.8, 4) is 17.3 Å². The summed E-state index contributed by atoms with van der Waals surface area (Å²) in [5, 5.41) is 13.8. The number of nitrogens with zero attached hydrogens (tertiary/aromatic N) is 2. The predicted octanol–water partition coefficient (Wildman–Crippen LogP) is 3.32. The van der Waals surface area contributed by atoms with E-state index in [1.807, 2.05) is 23.6 Å². The van der Waals surface area contributed by atoms with E-state index in [2.05, 4.69) is 10.3 Å². The SMILES string of the molecule is N#CCC(=O)Nc1nc(-c2ccccc2Cl)cs1. The second-order valence-corrected chi connectivity index (χ2v) is 4.67. The first-order chi connectivity index (χ1) is 8.70. The number of thiazole rings is 1. The lowest BCUT2D eigenvalue weighted by molar-refractivity contribution is -0.115. The monoisotopic (exact) mass is 277 g/mol. The van der Waals surface area contributed by atoms with Crippen LogP contribution in [-0.2, 0) is 4.79 Å². The molecular formula is C12H8ClN3OS. The maximum atomic E-state index is 11.2. The molecule has 90 valence electrons. The van der Waals surface area contributed by atoms with Gasteiger partial charge in [0.15, 0.2) is 5.13 Å². The van der Waals surface area contributed by atoms with E-state index in [4.69, 9.17) is 16.9 Å². The smallest absolute Gasteiger partial charge is 0.240 e. The zero-order valence-electron chi connectivity index (χ0n) is 9.18. The normalized spacial score (nSPS) is 9.78. The third kappa shape index (κ3) is 2.86. The molecule has 6 heteroatoms. The molecule has 1 N–H and O–H groups in total. The first kappa shape index (κ1) is 12.6. The lowest BCUT2D eigenvalue weighted by atomic mass is 10.2.